The smallest absolute Gasteiger partial charge is 0.0620 e. The van der Waals surface area contributed by atoms with Crippen molar-refractivity contribution >= 4 is 55.1 Å². The molecule has 2 heteroatoms. The maximum absolute atomic E-state index is 2.49. The second-order valence-electron chi connectivity index (χ2n) is 12.1. The Bertz CT molecular complexity index is 2590. The Morgan fingerprint density at radius 2 is 1.16 bits per heavy atom. The standard InChI is InChI=1S/C42H28N2/c1-2-10-27(11-3-1)28-12-8-13-31(24-28)43-38-18-6-5-15-33(38)37-25-29(21-23-40(37)43)30-20-22-34-36-17-9-16-35-32-14-4-7-19-39(32)44(42(35)36)41(34)26-30/h1-5,7-17,19-26H,6,18H2. The first-order chi connectivity index (χ1) is 21.8. The first kappa shape index (κ1) is 23.9. The second-order valence-corrected chi connectivity index (χ2v) is 12.1. The molecule has 2 nitrogen and oxygen atoms in total. The lowest BCUT2D eigenvalue weighted by Crippen LogP contribution is -2.03. The van der Waals surface area contributed by atoms with Gasteiger partial charge in [0.2, 0.25) is 0 Å². The molecule has 0 saturated heterocycles. The number of fused-ring (bicyclic) bond motifs is 9. The monoisotopic (exact) mass is 560 g/mol. The molecule has 0 N–H and O–H groups in total. The average molecular weight is 561 g/mol. The summed E-state index contributed by atoms with van der Waals surface area (Å²) in [5.41, 5.74) is 14.1. The predicted octanol–water partition coefficient (Wildman–Crippen LogP) is 11.1. The van der Waals surface area contributed by atoms with Gasteiger partial charge >= 0.3 is 0 Å². The minimum atomic E-state index is 1.04. The molecule has 6 aromatic carbocycles. The maximum Gasteiger partial charge on any atom is 0.0620 e. The minimum absolute atomic E-state index is 1.04. The highest BCUT2D eigenvalue weighted by molar-refractivity contribution is 6.23. The topological polar surface area (TPSA) is 9.34 Å². The quantitative estimate of drug-likeness (QED) is 0.203. The zero-order valence-electron chi connectivity index (χ0n) is 24.2. The van der Waals surface area contributed by atoms with Gasteiger partial charge in [-0.1, -0.05) is 109 Å². The van der Waals surface area contributed by atoms with Gasteiger partial charge in [-0.3, -0.25) is 0 Å². The van der Waals surface area contributed by atoms with Crippen molar-refractivity contribution in [3.05, 3.63) is 151 Å². The molecule has 0 saturated carbocycles. The number of benzene rings is 6. The summed E-state index contributed by atoms with van der Waals surface area (Å²) in [5, 5.41) is 6.60. The molecule has 0 aliphatic heterocycles. The summed E-state index contributed by atoms with van der Waals surface area (Å²) in [6, 6.07) is 49.2. The molecular formula is C42H28N2. The normalized spacial score (nSPS) is 13.2. The molecule has 0 bridgehead atoms. The van der Waals surface area contributed by atoms with Gasteiger partial charge in [0.05, 0.1) is 22.1 Å². The highest BCUT2D eigenvalue weighted by atomic mass is 15.0. The van der Waals surface area contributed by atoms with Crippen molar-refractivity contribution in [1.29, 1.82) is 0 Å². The summed E-state index contributed by atoms with van der Waals surface area (Å²) >= 11 is 0. The van der Waals surface area contributed by atoms with Crippen LogP contribution in [0.25, 0.3) is 83.0 Å². The van der Waals surface area contributed by atoms with Crippen molar-refractivity contribution in [3.8, 4) is 27.9 Å². The molecule has 0 unspecified atom stereocenters. The first-order valence-electron chi connectivity index (χ1n) is 15.5. The number of hydrogen-bond acceptors (Lipinski definition) is 0. The predicted molar refractivity (Wildman–Crippen MR) is 186 cm³/mol. The van der Waals surface area contributed by atoms with Crippen LogP contribution in [0.15, 0.2) is 140 Å². The molecule has 10 rings (SSSR count). The summed E-state index contributed by atoms with van der Waals surface area (Å²) in [6.07, 6.45) is 6.77. The Kier molecular flexibility index (Phi) is 4.86. The molecule has 9 aromatic rings. The summed E-state index contributed by atoms with van der Waals surface area (Å²) in [4.78, 5) is 0. The number of nitrogens with zero attached hydrogens (tertiary/aromatic N) is 2. The third-order valence-corrected chi connectivity index (χ3v) is 9.71. The molecule has 0 radical (unpaired) electrons. The van der Waals surface area contributed by atoms with Gasteiger partial charge in [0.1, 0.15) is 0 Å². The van der Waals surface area contributed by atoms with Crippen molar-refractivity contribution in [2.75, 3.05) is 0 Å². The van der Waals surface area contributed by atoms with E-state index in [0.29, 0.717) is 0 Å². The summed E-state index contributed by atoms with van der Waals surface area (Å²) in [6.45, 7) is 0. The van der Waals surface area contributed by atoms with Crippen molar-refractivity contribution in [3.63, 3.8) is 0 Å². The van der Waals surface area contributed by atoms with Gasteiger partial charge in [0.25, 0.3) is 0 Å². The van der Waals surface area contributed by atoms with Crippen LogP contribution < -0.4 is 0 Å². The molecule has 206 valence electrons. The highest BCUT2D eigenvalue weighted by Crippen LogP contribution is 2.41. The van der Waals surface area contributed by atoms with Gasteiger partial charge in [0.15, 0.2) is 0 Å². The third kappa shape index (κ3) is 3.25. The van der Waals surface area contributed by atoms with Crippen LogP contribution >= 0.6 is 0 Å². The van der Waals surface area contributed by atoms with Gasteiger partial charge in [-0.25, -0.2) is 0 Å². The van der Waals surface area contributed by atoms with Gasteiger partial charge in [-0.05, 0) is 71.5 Å². The Balaban J connectivity index is 1.18. The van der Waals surface area contributed by atoms with Crippen LogP contribution in [0.3, 0.4) is 0 Å². The largest absolute Gasteiger partial charge is 0.313 e. The zero-order chi connectivity index (χ0) is 28.8. The van der Waals surface area contributed by atoms with Crippen LogP contribution in [0.1, 0.15) is 17.7 Å². The number of rotatable bonds is 3. The Morgan fingerprint density at radius 1 is 0.455 bits per heavy atom. The van der Waals surface area contributed by atoms with Crippen LogP contribution in [0.5, 0.6) is 0 Å². The van der Waals surface area contributed by atoms with Gasteiger partial charge in [-0.2, -0.15) is 0 Å². The number of hydrogen-bond donors (Lipinski definition) is 0. The lowest BCUT2D eigenvalue weighted by Gasteiger charge is -2.14. The van der Waals surface area contributed by atoms with Crippen LogP contribution in [-0.4, -0.2) is 8.97 Å². The molecule has 3 heterocycles. The third-order valence-electron chi connectivity index (χ3n) is 9.71. The number of para-hydroxylation sites is 2. The zero-order valence-corrected chi connectivity index (χ0v) is 24.2. The molecule has 1 aliphatic carbocycles. The molecule has 44 heavy (non-hydrogen) atoms. The number of aromatic nitrogens is 2. The lowest BCUT2D eigenvalue weighted by atomic mass is 9.98. The Hall–Kier alpha value is -5.60. The maximum atomic E-state index is 2.49. The lowest BCUT2D eigenvalue weighted by molar-refractivity contribution is 0.889. The molecular weight excluding hydrogens is 532 g/mol. The van der Waals surface area contributed by atoms with Gasteiger partial charge in [-0.15, -0.1) is 0 Å². The highest BCUT2D eigenvalue weighted by Gasteiger charge is 2.21. The Labute approximate surface area is 255 Å². The summed E-state index contributed by atoms with van der Waals surface area (Å²) in [7, 11) is 0. The van der Waals surface area contributed by atoms with Crippen LogP contribution in [0, 0.1) is 0 Å². The van der Waals surface area contributed by atoms with E-state index in [1.807, 2.05) is 0 Å². The fourth-order valence-electron chi connectivity index (χ4n) is 7.76. The number of allylic oxidation sites excluding steroid dienone is 1. The molecule has 0 fully saturated rings. The van der Waals surface area contributed by atoms with Crippen molar-refractivity contribution in [2.45, 2.75) is 12.8 Å². The van der Waals surface area contributed by atoms with E-state index in [2.05, 4.69) is 155 Å². The van der Waals surface area contributed by atoms with Crippen LogP contribution in [-0.2, 0) is 6.42 Å². The van der Waals surface area contributed by atoms with Gasteiger partial charge < -0.3 is 8.97 Å². The summed E-state index contributed by atoms with van der Waals surface area (Å²) in [5.74, 6) is 0. The van der Waals surface area contributed by atoms with E-state index < -0.39 is 0 Å². The molecule has 1 aliphatic rings. The Morgan fingerprint density at radius 3 is 2.07 bits per heavy atom. The summed E-state index contributed by atoms with van der Waals surface area (Å²) < 4.78 is 4.96. The molecule has 0 atom stereocenters. The van der Waals surface area contributed by atoms with Crippen LogP contribution in [0.2, 0.25) is 0 Å². The van der Waals surface area contributed by atoms with E-state index in [1.165, 1.54) is 88.2 Å². The van der Waals surface area contributed by atoms with Gasteiger partial charge in [0, 0.05) is 43.9 Å². The second kappa shape index (κ2) is 8.95. The van der Waals surface area contributed by atoms with Crippen molar-refractivity contribution < 1.29 is 0 Å². The van der Waals surface area contributed by atoms with E-state index in [0.717, 1.165) is 12.8 Å². The fraction of sp³-hybridized carbons (Fsp3) is 0.0476. The van der Waals surface area contributed by atoms with E-state index in [-0.39, 0.29) is 0 Å². The molecule has 0 spiro atoms. The molecule has 0 amide bonds. The van der Waals surface area contributed by atoms with Crippen LogP contribution in [0.4, 0.5) is 0 Å². The average Bonchev–Trinajstić information content (AvgIpc) is 3.73. The molecule has 3 aromatic heterocycles. The SMILES string of the molecule is C1=Cc2c(n(-c3cccc(-c4ccccc4)c3)c3ccc(-c4ccc5c6cccc7c8ccccc8n(c5c4)c76)cc23)CC1. The van der Waals surface area contributed by atoms with E-state index >= 15 is 0 Å². The van der Waals surface area contributed by atoms with E-state index in [4.69, 9.17) is 0 Å². The van der Waals surface area contributed by atoms with E-state index in [1.54, 1.807) is 0 Å². The minimum Gasteiger partial charge on any atom is -0.313 e. The first-order valence-corrected chi connectivity index (χ1v) is 15.5. The van der Waals surface area contributed by atoms with E-state index in [9.17, 15) is 0 Å². The fourth-order valence-corrected chi connectivity index (χ4v) is 7.76. The van der Waals surface area contributed by atoms with Crippen molar-refractivity contribution in [2.24, 2.45) is 0 Å². The van der Waals surface area contributed by atoms with Crippen molar-refractivity contribution in [1.82, 2.24) is 8.97 Å².